The minimum Gasteiger partial charge on any atom is -0.293 e. The Morgan fingerprint density at radius 2 is 1.09 bits per heavy atom. The number of hydrogen-bond donors (Lipinski definition) is 4. The van der Waals surface area contributed by atoms with E-state index in [1.54, 1.807) is 24.3 Å². The lowest BCUT2D eigenvalue weighted by Gasteiger charge is -2.15. The number of nitrogens with zero attached hydrogens (tertiary/aromatic N) is 4. The molecule has 0 bridgehead atoms. The predicted molar refractivity (Wildman–Crippen MR) is 169 cm³/mol. The second kappa shape index (κ2) is 15.5. The van der Waals surface area contributed by atoms with Crippen LogP contribution in [0.5, 0.6) is 0 Å². The zero-order valence-corrected chi connectivity index (χ0v) is 26.0. The number of carbonyl (C=O) groups excluding carboxylic acids is 6. The van der Waals surface area contributed by atoms with Gasteiger partial charge < -0.3 is 0 Å². The van der Waals surface area contributed by atoms with Crippen LogP contribution in [0.25, 0.3) is 0 Å². The molecule has 2 fully saturated rings. The van der Waals surface area contributed by atoms with Crippen molar-refractivity contribution >= 4 is 92.0 Å². The van der Waals surface area contributed by atoms with Crippen molar-refractivity contribution in [2.24, 2.45) is 0 Å². The van der Waals surface area contributed by atoms with Gasteiger partial charge >= 0.3 is 0 Å². The maximum absolute atomic E-state index is 13.1. The highest BCUT2D eigenvalue weighted by Gasteiger charge is 2.41. The van der Waals surface area contributed by atoms with Crippen molar-refractivity contribution in [3.63, 3.8) is 0 Å². The van der Waals surface area contributed by atoms with E-state index in [9.17, 15) is 28.8 Å². The predicted octanol–water partition coefficient (Wildman–Crippen LogP) is 1.19. The summed E-state index contributed by atoms with van der Waals surface area (Å²) in [5, 5.41) is 0. The van der Waals surface area contributed by atoms with Gasteiger partial charge in [-0.25, -0.2) is 0 Å². The molecule has 4 heterocycles. The molecule has 228 valence electrons. The van der Waals surface area contributed by atoms with Crippen LogP contribution in [0.2, 0.25) is 0 Å². The van der Waals surface area contributed by atoms with E-state index in [-0.39, 0.29) is 68.4 Å². The Labute approximate surface area is 270 Å². The maximum atomic E-state index is 13.1. The van der Waals surface area contributed by atoms with Crippen LogP contribution in [0.4, 0.5) is 0 Å². The van der Waals surface area contributed by atoms with Gasteiger partial charge in [-0.1, -0.05) is 48.0 Å². The molecule has 0 saturated carbocycles. The molecular formula is C26H24N8O6S4. The van der Waals surface area contributed by atoms with Gasteiger partial charge in [0, 0.05) is 50.7 Å². The largest absolute Gasteiger partial charge is 0.293 e. The van der Waals surface area contributed by atoms with Crippen molar-refractivity contribution in [1.82, 2.24) is 41.5 Å². The van der Waals surface area contributed by atoms with Crippen LogP contribution in [-0.2, 0) is 19.2 Å². The summed E-state index contributed by atoms with van der Waals surface area (Å²) in [5.74, 6) is -2.89. The monoisotopic (exact) mass is 672 g/mol. The number of thioether (sulfide) groups is 2. The second-order valence-electron chi connectivity index (χ2n) is 9.00. The van der Waals surface area contributed by atoms with Crippen LogP contribution in [0.15, 0.2) is 58.9 Å². The van der Waals surface area contributed by atoms with Crippen molar-refractivity contribution in [1.29, 1.82) is 0 Å². The number of carbonyl (C=O) groups is 6. The zero-order chi connectivity index (χ0) is 31.6. The average molecular weight is 673 g/mol. The zero-order valence-electron chi connectivity index (χ0n) is 22.7. The summed E-state index contributed by atoms with van der Waals surface area (Å²) in [6, 6.07) is 6.28. The van der Waals surface area contributed by atoms with Gasteiger partial charge in [0.2, 0.25) is 11.8 Å². The summed E-state index contributed by atoms with van der Waals surface area (Å²) < 4.78 is 0.483. The molecule has 2 aliphatic rings. The number of hydrazine groups is 2. The molecule has 44 heavy (non-hydrogen) atoms. The third-order valence-corrected chi connectivity index (χ3v) is 8.98. The number of rotatable bonds is 10. The number of amides is 6. The number of hydrogen-bond acceptors (Lipinski definition) is 12. The fraction of sp³-hybridized carbons (Fsp3) is 0.231. The Hall–Kier alpha value is -4.26. The van der Waals surface area contributed by atoms with Gasteiger partial charge in [-0.15, -0.1) is 0 Å². The molecule has 4 rings (SSSR count). The Kier molecular flexibility index (Phi) is 11.5. The average Bonchev–Trinajstić information content (AvgIpc) is 3.47. The Morgan fingerprint density at radius 3 is 1.45 bits per heavy atom. The van der Waals surface area contributed by atoms with Crippen molar-refractivity contribution in [3.8, 4) is 0 Å². The van der Waals surface area contributed by atoms with Gasteiger partial charge in [0.1, 0.15) is 8.64 Å². The third kappa shape index (κ3) is 8.43. The van der Waals surface area contributed by atoms with E-state index in [0.717, 1.165) is 23.5 Å². The topological polar surface area (TPSA) is 183 Å². The Balaban J connectivity index is 1.21. The molecule has 2 aromatic heterocycles. The second-order valence-corrected chi connectivity index (χ2v) is 12.3. The Bertz CT molecular complexity index is 1430. The van der Waals surface area contributed by atoms with E-state index < -0.39 is 35.4 Å². The first-order valence-electron chi connectivity index (χ1n) is 13.0. The number of thiocarbonyl (C=S) groups is 2. The molecule has 2 saturated heterocycles. The van der Waals surface area contributed by atoms with Crippen LogP contribution >= 0.6 is 48.0 Å². The molecule has 14 nitrogen and oxygen atoms in total. The first kappa shape index (κ1) is 32.6. The normalized spacial score (nSPS) is 16.3. The molecule has 6 amide bonds. The summed E-state index contributed by atoms with van der Waals surface area (Å²) in [4.78, 5) is 85.2. The highest BCUT2D eigenvalue weighted by Crippen LogP contribution is 2.42. The minimum absolute atomic E-state index is 0.00253. The highest BCUT2D eigenvalue weighted by atomic mass is 32.2. The summed E-state index contributed by atoms with van der Waals surface area (Å²) in [6.45, 7) is 0.260. The summed E-state index contributed by atoms with van der Waals surface area (Å²) >= 11 is 12.7. The van der Waals surface area contributed by atoms with Crippen molar-refractivity contribution < 1.29 is 28.8 Å². The first-order valence-corrected chi connectivity index (χ1v) is 15.4. The van der Waals surface area contributed by atoms with Gasteiger partial charge in [0.05, 0.1) is 20.9 Å². The van der Waals surface area contributed by atoms with Gasteiger partial charge in [-0.3, -0.25) is 70.2 Å². The molecule has 0 aromatic carbocycles. The molecule has 0 unspecified atom stereocenters. The van der Waals surface area contributed by atoms with Crippen molar-refractivity contribution in [2.75, 3.05) is 13.1 Å². The van der Waals surface area contributed by atoms with Gasteiger partial charge in [-0.05, 0) is 37.1 Å². The van der Waals surface area contributed by atoms with Crippen LogP contribution in [0.3, 0.4) is 0 Å². The number of aromatic nitrogens is 2. The number of nitrogens with one attached hydrogen (secondary N) is 4. The quantitative estimate of drug-likeness (QED) is 0.161. The summed E-state index contributed by atoms with van der Waals surface area (Å²) in [5.41, 5.74) is 9.77. The van der Waals surface area contributed by atoms with Crippen LogP contribution in [0, 0.1) is 0 Å². The van der Waals surface area contributed by atoms with Gasteiger partial charge in [0.15, 0.2) is 0 Å². The third-order valence-electron chi connectivity index (χ3n) is 5.95. The fourth-order valence-corrected chi connectivity index (χ4v) is 6.54. The van der Waals surface area contributed by atoms with E-state index >= 15 is 0 Å². The van der Waals surface area contributed by atoms with Crippen LogP contribution in [0.1, 0.15) is 46.4 Å². The lowest BCUT2D eigenvalue weighted by molar-refractivity contribution is -0.125. The van der Waals surface area contributed by atoms with Crippen molar-refractivity contribution in [3.05, 3.63) is 70.0 Å². The lowest BCUT2D eigenvalue weighted by atomic mass is 10.2. The smallest absolute Gasteiger partial charge is 0.271 e. The SMILES string of the molecule is O=C(CCCN1C(=O)/C(=C2\SC(=S)N(CCCC(=O)NNC(=O)c3cccnc3)C2=O)SC1=S)NNC(=O)c1cccnc1. The molecule has 0 atom stereocenters. The van der Waals surface area contributed by atoms with E-state index in [2.05, 4.69) is 31.7 Å². The maximum Gasteiger partial charge on any atom is 0.271 e. The molecule has 4 N–H and O–H groups in total. The summed E-state index contributed by atoms with van der Waals surface area (Å²) in [7, 11) is 0. The van der Waals surface area contributed by atoms with E-state index in [1.165, 1.54) is 34.6 Å². The molecular weight excluding hydrogens is 649 g/mol. The van der Waals surface area contributed by atoms with Gasteiger partial charge in [-0.2, -0.15) is 0 Å². The lowest BCUT2D eigenvalue weighted by Crippen LogP contribution is -2.42. The highest BCUT2D eigenvalue weighted by molar-refractivity contribution is 8.29. The molecule has 0 radical (unpaired) electrons. The number of pyridine rings is 2. The molecule has 18 heteroatoms. The van der Waals surface area contributed by atoms with Crippen molar-refractivity contribution in [2.45, 2.75) is 25.7 Å². The van der Waals surface area contributed by atoms with Crippen LogP contribution < -0.4 is 21.7 Å². The van der Waals surface area contributed by atoms with Crippen LogP contribution in [-0.4, -0.2) is 76.9 Å². The standard InChI is InChI=1S/C26H24N8O6S4/c35-17(29-31-21(37)15-5-1-9-27-13-15)7-3-11-33-23(39)19(43-25(33)41)20-24(40)34(26(42)44-20)12-4-8-18(36)30-32-22(38)16-6-2-10-28-14-16/h1-2,5-6,9-10,13-14H,3-4,7-8,11-12H2,(H,29,35)(H,30,36)(H,31,37)(H,32,38)/b20-19+. The summed E-state index contributed by atoms with van der Waals surface area (Å²) in [6.07, 6.45) is 6.26. The minimum atomic E-state index is -0.519. The fourth-order valence-electron chi connectivity index (χ4n) is 3.77. The molecule has 2 aliphatic heterocycles. The Morgan fingerprint density at radius 1 is 0.682 bits per heavy atom. The molecule has 0 spiro atoms. The van der Waals surface area contributed by atoms with E-state index in [0.29, 0.717) is 0 Å². The van der Waals surface area contributed by atoms with E-state index in [4.69, 9.17) is 24.4 Å². The molecule has 2 aromatic rings. The van der Waals surface area contributed by atoms with Gasteiger partial charge in [0.25, 0.3) is 23.6 Å². The molecule has 0 aliphatic carbocycles. The van der Waals surface area contributed by atoms with E-state index in [1.807, 2.05) is 0 Å². The first-order chi connectivity index (χ1) is 21.2.